The van der Waals surface area contributed by atoms with Gasteiger partial charge in [-0.25, -0.2) is 28.7 Å². The average Bonchev–Trinajstić information content (AvgIpc) is 3.17. The van der Waals surface area contributed by atoms with Crippen molar-refractivity contribution in [2.24, 2.45) is 0 Å². The second-order valence-electron chi connectivity index (χ2n) is 11.6. The number of rotatable bonds is 7. The molecule has 0 bridgehead atoms. The minimum Gasteiger partial charge on any atom is -0.246 e. The van der Waals surface area contributed by atoms with E-state index in [9.17, 15) is 8.78 Å². The zero-order valence-corrected chi connectivity index (χ0v) is 25.8. The van der Waals surface area contributed by atoms with Crippen LogP contribution in [-0.2, 0) is 13.3 Å². The van der Waals surface area contributed by atoms with E-state index in [-0.39, 0.29) is 0 Å². The highest BCUT2D eigenvalue weighted by Crippen LogP contribution is 2.37. The molecule has 4 nitrogen and oxygen atoms in total. The topological polar surface area (TPSA) is 51.6 Å². The number of nitrogens with zero attached hydrogens (tertiary/aromatic N) is 4. The van der Waals surface area contributed by atoms with Gasteiger partial charge in [-0.05, 0) is 46.5 Å². The molecule has 0 spiro atoms. The van der Waals surface area contributed by atoms with Gasteiger partial charge in [0, 0.05) is 22.3 Å². The van der Waals surface area contributed by atoms with Crippen LogP contribution in [0.1, 0.15) is 11.1 Å². The highest BCUT2D eigenvalue weighted by molar-refractivity contribution is 5.92. The van der Waals surface area contributed by atoms with Gasteiger partial charge in [0.1, 0.15) is 13.3 Å². The lowest BCUT2D eigenvalue weighted by Gasteiger charge is -2.15. The molecule has 8 rings (SSSR count). The second kappa shape index (κ2) is 12.6. The molecule has 0 saturated carbocycles. The van der Waals surface area contributed by atoms with Crippen LogP contribution >= 0.6 is 0 Å². The second-order valence-corrected chi connectivity index (χ2v) is 11.6. The van der Waals surface area contributed by atoms with Crippen molar-refractivity contribution < 1.29 is 8.78 Å². The Balaban J connectivity index is 1.29. The monoisotopic (exact) mass is 626 g/mol. The fourth-order valence-electron chi connectivity index (χ4n) is 6.17. The lowest BCUT2D eigenvalue weighted by Crippen LogP contribution is -2.00. The van der Waals surface area contributed by atoms with Crippen molar-refractivity contribution in [2.45, 2.75) is 13.3 Å². The molecule has 0 aliphatic heterocycles. The van der Waals surface area contributed by atoms with Crippen molar-refractivity contribution >= 4 is 22.1 Å². The molecule has 0 N–H and O–H groups in total. The van der Waals surface area contributed by atoms with Crippen LogP contribution in [0, 0.1) is 0 Å². The van der Waals surface area contributed by atoms with E-state index in [0.717, 1.165) is 44.7 Å². The van der Waals surface area contributed by atoms with Crippen LogP contribution in [0.3, 0.4) is 0 Å². The number of hydrogen-bond acceptors (Lipinski definition) is 4. The van der Waals surface area contributed by atoms with Crippen molar-refractivity contribution in [3.05, 3.63) is 157 Å². The Labute approximate surface area is 276 Å². The van der Waals surface area contributed by atoms with E-state index in [1.54, 1.807) is 24.3 Å². The van der Waals surface area contributed by atoms with Crippen molar-refractivity contribution in [3.63, 3.8) is 0 Å². The lowest BCUT2D eigenvalue weighted by atomic mass is 9.97. The third-order valence-corrected chi connectivity index (χ3v) is 8.59. The number of alkyl halides is 2. The highest BCUT2D eigenvalue weighted by Gasteiger charge is 2.19. The first-order valence-corrected chi connectivity index (χ1v) is 15.7. The summed E-state index contributed by atoms with van der Waals surface area (Å²) < 4.78 is 28.3. The summed E-state index contributed by atoms with van der Waals surface area (Å²) in [5.41, 5.74) is 11.7. The van der Waals surface area contributed by atoms with Gasteiger partial charge in [-0.15, -0.1) is 0 Å². The summed E-state index contributed by atoms with van der Waals surface area (Å²) in [6, 6.07) is 46.6. The van der Waals surface area contributed by atoms with E-state index < -0.39 is 13.3 Å². The molecule has 0 amide bonds. The van der Waals surface area contributed by atoms with Crippen LogP contribution in [0.5, 0.6) is 0 Å². The first kappa shape index (κ1) is 29.3. The minimum absolute atomic E-state index is 0.499. The van der Waals surface area contributed by atoms with Gasteiger partial charge in [0.2, 0.25) is 0 Å². The molecule has 2 heterocycles. The van der Waals surface area contributed by atoms with Gasteiger partial charge < -0.3 is 0 Å². The Morgan fingerprint density at radius 2 is 0.708 bits per heavy atom. The highest BCUT2D eigenvalue weighted by atomic mass is 19.1. The maximum atomic E-state index is 14.2. The smallest absolute Gasteiger partial charge is 0.115 e. The summed E-state index contributed by atoms with van der Waals surface area (Å²) in [6.07, 6.45) is 0. The van der Waals surface area contributed by atoms with Gasteiger partial charge in [0.25, 0.3) is 0 Å². The minimum atomic E-state index is -0.658. The zero-order valence-electron chi connectivity index (χ0n) is 25.8. The Morgan fingerprint density at radius 3 is 1.17 bits per heavy atom. The molecule has 2 aromatic heterocycles. The number of hydrogen-bond donors (Lipinski definition) is 0. The van der Waals surface area contributed by atoms with Crippen molar-refractivity contribution in [3.8, 4) is 56.2 Å². The number of aromatic nitrogens is 4. The Morgan fingerprint density at radius 1 is 0.333 bits per heavy atom. The molecule has 0 radical (unpaired) electrons. The SMILES string of the molecule is FCc1ccccc1-c1nc2ccc(-c3ccc4nc(-c5ccccc5)c(-c5ccccc5)nc4c3)cc2nc1-c1ccccc1CF. The maximum Gasteiger partial charge on any atom is 0.115 e. The molecule has 0 aliphatic carbocycles. The quantitative estimate of drug-likeness (QED) is 0.177. The summed E-state index contributed by atoms with van der Waals surface area (Å²) >= 11 is 0. The lowest BCUT2D eigenvalue weighted by molar-refractivity contribution is 0.485. The largest absolute Gasteiger partial charge is 0.246 e. The summed E-state index contributed by atoms with van der Waals surface area (Å²) in [6.45, 7) is -1.31. The molecular weight excluding hydrogens is 598 g/mol. The van der Waals surface area contributed by atoms with E-state index in [1.807, 2.05) is 109 Å². The normalized spacial score (nSPS) is 11.3. The summed E-state index contributed by atoms with van der Waals surface area (Å²) in [7, 11) is 0. The number of halogens is 2. The van der Waals surface area contributed by atoms with Gasteiger partial charge in [0.15, 0.2) is 0 Å². The van der Waals surface area contributed by atoms with Crippen LogP contribution in [0.15, 0.2) is 146 Å². The average molecular weight is 627 g/mol. The van der Waals surface area contributed by atoms with Crippen LogP contribution in [0.4, 0.5) is 8.78 Å². The number of fused-ring (bicyclic) bond motifs is 2. The van der Waals surface area contributed by atoms with E-state index in [1.165, 1.54) is 0 Å². The fraction of sp³-hybridized carbons (Fsp3) is 0.0476. The molecule has 6 aromatic carbocycles. The molecule has 0 aliphatic rings. The van der Waals surface area contributed by atoms with Crippen molar-refractivity contribution in [1.82, 2.24) is 19.9 Å². The first-order chi connectivity index (χ1) is 23.7. The predicted octanol–water partition coefficient (Wildman–Crippen LogP) is 10.8. The molecule has 48 heavy (non-hydrogen) atoms. The van der Waals surface area contributed by atoms with E-state index in [4.69, 9.17) is 19.9 Å². The summed E-state index contributed by atoms with van der Waals surface area (Å²) in [5.74, 6) is 0. The molecule has 8 aromatic rings. The van der Waals surface area contributed by atoms with E-state index in [2.05, 4.69) is 12.1 Å². The van der Waals surface area contributed by atoms with Gasteiger partial charge >= 0.3 is 0 Å². The Bertz CT molecular complexity index is 2430. The molecule has 0 saturated heterocycles. The van der Waals surface area contributed by atoms with Crippen LogP contribution < -0.4 is 0 Å². The third kappa shape index (κ3) is 5.37. The Hall–Kier alpha value is -6.14. The molecule has 230 valence electrons. The third-order valence-electron chi connectivity index (χ3n) is 8.59. The van der Waals surface area contributed by atoms with Gasteiger partial charge in [0.05, 0.1) is 44.8 Å². The van der Waals surface area contributed by atoms with E-state index >= 15 is 0 Å². The number of benzene rings is 6. The van der Waals surface area contributed by atoms with Crippen molar-refractivity contribution in [1.29, 1.82) is 0 Å². The first-order valence-electron chi connectivity index (χ1n) is 15.7. The van der Waals surface area contributed by atoms with Gasteiger partial charge in [-0.2, -0.15) is 0 Å². The molecular formula is C42H28F2N4. The van der Waals surface area contributed by atoms with Crippen LogP contribution in [0.25, 0.3) is 78.2 Å². The van der Waals surface area contributed by atoms with Crippen LogP contribution in [-0.4, -0.2) is 19.9 Å². The molecule has 0 atom stereocenters. The summed E-state index contributed by atoms with van der Waals surface area (Å²) in [4.78, 5) is 20.3. The Kier molecular flexibility index (Phi) is 7.67. The van der Waals surface area contributed by atoms with Gasteiger partial charge in [-0.1, -0.05) is 121 Å². The zero-order chi connectivity index (χ0) is 32.5. The molecule has 6 heteroatoms. The van der Waals surface area contributed by atoms with E-state index in [0.29, 0.717) is 44.7 Å². The summed E-state index contributed by atoms with van der Waals surface area (Å²) in [5, 5.41) is 0. The standard InChI is InChI=1S/C42H28F2N4/c43-25-31-15-7-9-17-33(31)41-42(34-18-10-8-16-32(34)26-44)48-38-24-30(20-22-36(38)46-41)29-19-21-35-37(23-29)47-40(28-13-5-2-6-14-28)39(45-35)27-11-3-1-4-12-27/h1-24H,25-26H2. The van der Waals surface area contributed by atoms with Gasteiger partial charge in [-0.3, -0.25) is 0 Å². The van der Waals surface area contributed by atoms with Crippen LogP contribution in [0.2, 0.25) is 0 Å². The maximum absolute atomic E-state index is 14.2. The fourth-order valence-corrected chi connectivity index (χ4v) is 6.17. The molecule has 0 unspecified atom stereocenters. The van der Waals surface area contributed by atoms with Crippen molar-refractivity contribution in [2.75, 3.05) is 0 Å². The predicted molar refractivity (Wildman–Crippen MR) is 189 cm³/mol. The molecule has 0 fully saturated rings.